The lowest BCUT2D eigenvalue weighted by atomic mass is 10.1. The molecule has 2 rings (SSSR count). The molecule has 0 unspecified atom stereocenters. The van der Waals surface area contributed by atoms with Gasteiger partial charge in [-0.15, -0.1) is 0 Å². The molecule has 1 aliphatic rings. The van der Waals surface area contributed by atoms with E-state index in [1.54, 1.807) is 7.05 Å². The van der Waals surface area contributed by atoms with E-state index in [4.69, 9.17) is 23.2 Å². The Balaban J connectivity index is 1.58. The van der Waals surface area contributed by atoms with Crippen molar-refractivity contribution in [2.75, 3.05) is 33.2 Å². The maximum Gasteiger partial charge on any atom is 0.191 e. The van der Waals surface area contributed by atoms with Crippen molar-refractivity contribution in [1.29, 1.82) is 0 Å². The lowest BCUT2D eigenvalue weighted by Gasteiger charge is -2.26. The standard InChI is InChI=1S/C18H31Cl2N5/c1-21-18(23-14-15-13-16(19)17(20)24(15)2)22-9-5-3-6-10-25-11-7-4-8-12-25/h13H,3-12,14H2,1-2H3,(H2,21,22,23). The van der Waals surface area contributed by atoms with Crippen LogP contribution in [0.25, 0.3) is 0 Å². The van der Waals surface area contributed by atoms with Gasteiger partial charge in [0.05, 0.1) is 11.6 Å². The minimum atomic E-state index is 0.565. The monoisotopic (exact) mass is 387 g/mol. The van der Waals surface area contributed by atoms with Crippen molar-refractivity contribution in [2.24, 2.45) is 12.0 Å². The molecule has 1 aromatic heterocycles. The summed E-state index contributed by atoms with van der Waals surface area (Å²) in [6.45, 7) is 5.41. The van der Waals surface area contributed by atoms with Crippen molar-refractivity contribution in [2.45, 2.75) is 45.1 Å². The molecular weight excluding hydrogens is 357 g/mol. The zero-order valence-electron chi connectivity index (χ0n) is 15.5. The molecule has 7 heteroatoms. The van der Waals surface area contributed by atoms with Gasteiger partial charge in [-0.2, -0.15) is 0 Å². The van der Waals surface area contributed by atoms with Gasteiger partial charge >= 0.3 is 0 Å². The van der Waals surface area contributed by atoms with Crippen molar-refractivity contribution in [3.63, 3.8) is 0 Å². The smallest absolute Gasteiger partial charge is 0.191 e. The van der Waals surface area contributed by atoms with Crippen LogP contribution in [0, 0.1) is 0 Å². The summed E-state index contributed by atoms with van der Waals surface area (Å²) in [4.78, 5) is 6.87. The third-order valence-corrected chi connectivity index (χ3v) is 5.61. The van der Waals surface area contributed by atoms with E-state index in [1.165, 1.54) is 51.7 Å². The highest BCUT2D eigenvalue weighted by atomic mass is 35.5. The number of likely N-dealkylation sites (tertiary alicyclic amines) is 1. The summed E-state index contributed by atoms with van der Waals surface area (Å²) in [7, 11) is 3.69. The molecule has 0 saturated carbocycles. The molecule has 1 aromatic rings. The van der Waals surface area contributed by atoms with Gasteiger partial charge in [0.1, 0.15) is 5.15 Å². The lowest BCUT2D eigenvalue weighted by Crippen LogP contribution is -2.37. The van der Waals surface area contributed by atoms with Crippen LogP contribution in [-0.4, -0.2) is 48.7 Å². The molecule has 1 aliphatic heterocycles. The summed E-state index contributed by atoms with van der Waals surface area (Å²) < 4.78 is 1.88. The van der Waals surface area contributed by atoms with Gasteiger partial charge < -0.3 is 20.1 Å². The molecule has 0 aromatic carbocycles. The van der Waals surface area contributed by atoms with Crippen molar-refractivity contribution in [3.05, 3.63) is 21.9 Å². The Morgan fingerprint density at radius 2 is 1.88 bits per heavy atom. The van der Waals surface area contributed by atoms with Gasteiger partial charge in [-0.05, 0) is 51.4 Å². The molecule has 25 heavy (non-hydrogen) atoms. The van der Waals surface area contributed by atoms with Crippen molar-refractivity contribution in [3.8, 4) is 0 Å². The Bertz CT molecular complexity index is 550. The number of unbranched alkanes of at least 4 members (excludes halogenated alkanes) is 2. The van der Waals surface area contributed by atoms with E-state index < -0.39 is 0 Å². The molecule has 142 valence electrons. The lowest BCUT2D eigenvalue weighted by molar-refractivity contribution is 0.224. The number of hydrogen-bond acceptors (Lipinski definition) is 2. The van der Waals surface area contributed by atoms with E-state index in [2.05, 4.69) is 20.5 Å². The quantitative estimate of drug-likeness (QED) is 0.406. The predicted molar refractivity (Wildman–Crippen MR) is 108 cm³/mol. The second-order valence-corrected chi connectivity index (χ2v) is 7.41. The summed E-state index contributed by atoms with van der Waals surface area (Å²) in [5, 5.41) is 7.82. The van der Waals surface area contributed by atoms with Gasteiger partial charge in [0, 0.05) is 26.3 Å². The Morgan fingerprint density at radius 3 is 2.52 bits per heavy atom. The van der Waals surface area contributed by atoms with Gasteiger partial charge in [0.25, 0.3) is 0 Å². The molecule has 5 nitrogen and oxygen atoms in total. The topological polar surface area (TPSA) is 44.6 Å². The largest absolute Gasteiger partial charge is 0.356 e. The molecule has 0 aliphatic carbocycles. The summed E-state index contributed by atoms with van der Waals surface area (Å²) in [6.07, 6.45) is 7.86. The summed E-state index contributed by atoms with van der Waals surface area (Å²) >= 11 is 12.1. The molecular formula is C18H31Cl2N5. The second kappa shape index (κ2) is 10.9. The number of piperidine rings is 1. The van der Waals surface area contributed by atoms with Gasteiger partial charge in [-0.1, -0.05) is 36.0 Å². The van der Waals surface area contributed by atoms with E-state index in [-0.39, 0.29) is 0 Å². The molecule has 0 atom stereocenters. The molecule has 0 bridgehead atoms. The first-order valence-electron chi connectivity index (χ1n) is 9.28. The van der Waals surface area contributed by atoms with Crippen LogP contribution in [-0.2, 0) is 13.6 Å². The van der Waals surface area contributed by atoms with Gasteiger partial charge in [-0.25, -0.2) is 0 Å². The summed E-state index contributed by atoms with van der Waals surface area (Å²) in [6, 6.07) is 1.88. The van der Waals surface area contributed by atoms with Crippen molar-refractivity contribution >= 4 is 29.2 Å². The molecule has 2 heterocycles. The maximum absolute atomic E-state index is 6.09. The molecule has 0 spiro atoms. The maximum atomic E-state index is 6.09. The van der Waals surface area contributed by atoms with Crippen LogP contribution in [0.15, 0.2) is 11.1 Å². The number of aliphatic imine (C=N–C) groups is 1. The number of guanidine groups is 1. The summed E-state index contributed by atoms with van der Waals surface area (Å²) in [5.41, 5.74) is 1.03. The van der Waals surface area contributed by atoms with Gasteiger partial charge in [0.2, 0.25) is 0 Å². The van der Waals surface area contributed by atoms with Crippen LogP contribution in [0.3, 0.4) is 0 Å². The van der Waals surface area contributed by atoms with E-state index in [9.17, 15) is 0 Å². The predicted octanol–water partition coefficient (Wildman–Crippen LogP) is 3.65. The van der Waals surface area contributed by atoms with Crippen LogP contribution in [0.5, 0.6) is 0 Å². The number of halogens is 2. The minimum absolute atomic E-state index is 0.565. The zero-order chi connectivity index (χ0) is 18.1. The molecule has 2 N–H and O–H groups in total. The number of rotatable bonds is 8. The van der Waals surface area contributed by atoms with Gasteiger partial charge in [0.15, 0.2) is 5.96 Å². The van der Waals surface area contributed by atoms with Crippen LogP contribution in [0.1, 0.15) is 44.2 Å². The molecule has 0 radical (unpaired) electrons. The van der Waals surface area contributed by atoms with Crippen LogP contribution in [0.2, 0.25) is 10.2 Å². The van der Waals surface area contributed by atoms with E-state index in [0.717, 1.165) is 24.6 Å². The second-order valence-electron chi connectivity index (χ2n) is 6.65. The Morgan fingerprint density at radius 1 is 1.12 bits per heavy atom. The van der Waals surface area contributed by atoms with Crippen LogP contribution in [0.4, 0.5) is 0 Å². The Hall–Kier alpha value is -0.910. The van der Waals surface area contributed by atoms with E-state index in [0.29, 0.717) is 16.7 Å². The van der Waals surface area contributed by atoms with Gasteiger partial charge in [-0.3, -0.25) is 4.99 Å². The normalized spacial score (nSPS) is 16.2. The van der Waals surface area contributed by atoms with Crippen LogP contribution >= 0.6 is 23.2 Å². The fourth-order valence-electron chi connectivity index (χ4n) is 3.18. The highest BCUT2D eigenvalue weighted by molar-refractivity contribution is 6.41. The number of hydrogen-bond donors (Lipinski definition) is 2. The first-order chi connectivity index (χ1) is 12.1. The minimum Gasteiger partial charge on any atom is -0.356 e. The number of nitrogens with one attached hydrogen (secondary N) is 2. The molecule has 1 fully saturated rings. The first kappa shape index (κ1) is 20.4. The van der Waals surface area contributed by atoms with E-state index in [1.807, 2.05) is 17.7 Å². The number of aromatic nitrogens is 1. The Labute approximate surface area is 161 Å². The molecule has 0 amide bonds. The highest BCUT2D eigenvalue weighted by Gasteiger charge is 2.10. The third-order valence-electron chi connectivity index (χ3n) is 4.77. The first-order valence-corrected chi connectivity index (χ1v) is 10.0. The average molecular weight is 388 g/mol. The number of nitrogens with zero attached hydrogens (tertiary/aromatic N) is 3. The SMILES string of the molecule is CN=C(NCCCCCN1CCCCC1)NCc1cc(Cl)c(Cl)n1C. The average Bonchev–Trinajstić information content (AvgIpc) is 2.88. The highest BCUT2D eigenvalue weighted by Crippen LogP contribution is 2.24. The van der Waals surface area contributed by atoms with Crippen LogP contribution < -0.4 is 10.6 Å². The van der Waals surface area contributed by atoms with E-state index >= 15 is 0 Å². The van der Waals surface area contributed by atoms with Crippen molar-refractivity contribution < 1.29 is 0 Å². The third kappa shape index (κ3) is 6.72. The molecule has 1 saturated heterocycles. The fourth-order valence-corrected chi connectivity index (χ4v) is 3.60. The zero-order valence-corrected chi connectivity index (χ0v) is 17.0. The fraction of sp³-hybridized carbons (Fsp3) is 0.722. The van der Waals surface area contributed by atoms with Crippen molar-refractivity contribution in [1.82, 2.24) is 20.1 Å². The Kier molecular flexibility index (Phi) is 8.93. The summed E-state index contributed by atoms with van der Waals surface area (Å²) in [5.74, 6) is 0.810.